The molecular weight excluding hydrogens is 416 g/mol. The summed E-state index contributed by atoms with van der Waals surface area (Å²) < 4.78 is 10.4. The molecule has 0 aliphatic carbocycles. The first-order chi connectivity index (χ1) is 15.0. The molecule has 0 atom stereocenters. The third-order valence-electron chi connectivity index (χ3n) is 5.40. The van der Waals surface area contributed by atoms with Crippen molar-refractivity contribution < 1.29 is 18.5 Å². The van der Waals surface area contributed by atoms with E-state index in [1.807, 2.05) is 13.8 Å². The molecule has 9 heteroatoms. The van der Waals surface area contributed by atoms with E-state index in [2.05, 4.69) is 15.5 Å². The molecule has 4 rings (SSSR count). The molecule has 0 spiro atoms. The third-order valence-corrected chi connectivity index (χ3v) is 6.43. The van der Waals surface area contributed by atoms with Crippen LogP contribution in [0.2, 0.25) is 0 Å². The Morgan fingerprint density at radius 3 is 2.71 bits per heavy atom. The van der Waals surface area contributed by atoms with Gasteiger partial charge in [-0.05, 0) is 51.0 Å². The molecule has 1 fully saturated rings. The zero-order chi connectivity index (χ0) is 21.8. The van der Waals surface area contributed by atoms with Crippen molar-refractivity contribution in [3.05, 3.63) is 65.1 Å². The number of piperidine rings is 1. The summed E-state index contributed by atoms with van der Waals surface area (Å²) in [7, 11) is 0. The van der Waals surface area contributed by atoms with Crippen molar-refractivity contribution in [2.75, 3.05) is 13.1 Å². The number of furan rings is 1. The Hall–Kier alpha value is -3.07. The molecular formula is C22H24N4O4S. The van der Waals surface area contributed by atoms with Crippen molar-refractivity contribution in [3.8, 4) is 0 Å². The molecule has 1 aliphatic rings. The molecule has 31 heavy (non-hydrogen) atoms. The predicted octanol–water partition coefficient (Wildman–Crippen LogP) is 3.61. The third kappa shape index (κ3) is 4.82. The van der Waals surface area contributed by atoms with Gasteiger partial charge >= 0.3 is 0 Å². The molecule has 3 aromatic heterocycles. The van der Waals surface area contributed by atoms with Crippen molar-refractivity contribution >= 4 is 23.6 Å². The van der Waals surface area contributed by atoms with Crippen LogP contribution in [0.25, 0.3) is 0 Å². The maximum Gasteiger partial charge on any atom is 0.289 e. The number of amides is 2. The van der Waals surface area contributed by atoms with Crippen molar-refractivity contribution in [1.29, 1.82) is 0 Å². The highest BCUT2D eigenvalue weighted by Crippen LogP contribution is 2.27. The Bertz CT molecular complexity index is 1040. The van der Waals surface area contributed by atoms with Crippen LogP contribution >= 0.6 is 11.8 Å². The normalized spacial score (nSPS) is 14.6. The van der Waals surface area contributed by atoms with E-state index in [9.17, 15) is 9.59 Å². The maximum atomic E-state index is 12.9. The minimum atomic E-state index is -0.148. The fraction of sp³-hybridized carbons (Fsp3) is 0.364. The topological polar surface area (TPSA) is 101 Å². The van der Waals surface area contributed by atoms with Gasteiger partial charge in [-0.15, -0.1) is 11.8 Å². The van der Waals surface area contributed by atoms with E-state index in [0.717, 1.165) is 17.0 Å². The lowest BCUT2D eigenvalue weighted by atomic mass is 10.0. The van der Waals surface area contributed by atoms with Gasteiger partial charge in [-0.25, -0.2) is 4.98 Å². The van der Waals surface area contributed by atoms with Crippen LogP contribution in [-0.2, 0) is 5.75 Å². The van der Waals surface area contributed by atoms with Gasteiger partial charge in [-0.2, -0.15) is 0 Å². The van der Waals surface area contributed by atoms with Gasteiger partial charge in [0.05, 0.1) is 17.5 Å². The van der Waals surface area contributed by atoms with Gasteiger partial charge in [0.25, 0.3) is 11.8 Å². The number of aromatic nitrogens is 2. The molecule has 0 unspecified atom stereocenters. The smallest absolute Gasteiger partial charge is 0.289 e. The predicted molar refractivity (Wildman–Crippen MR) is 115 cm³/mol. The van der Waals surface area contributed by atoms with Gasteiger partial charge < -0.3 is 19.2 Å². The molecule has 0 radical (unpaired) electrons. The summed E-state index contributed by atoms with van der Waals surface area (Å²) in [6.07, 6.45) is 4.57. The first kappa shape index (κ1) is 21.2. The fourth-order valence-corrected chi connectivity index (χ4v) is 4.72. The number of nitrogens with zero attached hydrogens (tertiary/aromatic N) is 3. The van der Waals surface area contributed by atoms with E-state index < -0.39 is 0 Å². The lowest BCUT2D eigenvalue weighted by molar-refractivity contribution is 0.0667. The van der Waals surface area contributed by atoms with Crippen LogP contribution in [0.4, 0.5) is 0 Å². The van der Waals surface area contributed by atoms with Gasteiger partial charge in [0.2, 0.25) is 0 Å². The lowest BCUT2D eigenvalue weighted by Gasteiger charge is -2.32. The molecule has 2 amide bonds. The van der Waals surface area contributed by atoms with Crippen molar-refractivity contribution in [1.82, 2.24) is 20.4 Å². The minimum absolute atomic E-state index is 0.00812. The van der Waals surface area contributed by atoms with Gasteiger partial charge in [0.1, 0.15) is 10.8 Å². The Balaban J connectivity index is 1.35. The summed E-state index contributed by atoms with van der Waals surface area (Å²) >= 11 is 1.49. The van der Waals surface area contributed by atoms with Crippen LogP contribution in [0.15, 0.2) is 50.7 Å². The average Bonchev–Trinajstić information content (AvgIpc) is 3.43. The van der Waals surface area contributed by atoms with Crippen molar-refractivity contribution in [3.63, 3.8) is 0 Å². The number of carbonyl (C=O) groups excluding carboxylic acids is 2. The Morgan fingerprint density at radius 2 is 2.03 bits per heavy atom. The van der Waals surface area contributed by atoms with E-state index in [4.69, 9.17) is 8.94 Å². The van der Waals surface area contributed by atoms with Gasteiger partial charge in [0.15, 0.2) is 5.76 Å². The van der Waals surface area contributed by atoms with Crippen molar-refractivity contribution in [2.45, 2.75) is 43.5 Å². The summed E-state index contributed by atoms with van der Waals surface area (Å²) in [4.78, 5) is 31.5. The SMILES string of the molecule is Cc1noc(C)c1CSc1ncccc1C(=O)NC1CCN(C(=O)c2ccco2)CC1. The van der Waals surface area contributed by atoms with E-state index >= 15 is 0 Å². The highest BCUT2D eigenvalue weighted by molar-refractivity contribution is 7.98. The minimum Gasteiger partial charge on any atom is -0.459 e. The van der Waals surface area contributed by atoms with Crippen LogP contribution in [0.1, 0.15) is 50.8 Å². The van der Waals surface area contributed by atoms with Crippen LogP contribution in [0.3, 0.4) is 0 Å². The Kier molecular flexibility index (Phi) is 6.41. The largest absolute Gasteiger partial charge is 0.459 e. The zero-order valence-electron chi connectivity index (χ0n) is 17.5. The molecule has 3 aromatic rings. The molecule has 0 bridgehead atoms. The van der Waals surface area contributed by atoms with E-state index in [-0.39, 0.29) is 17.9 Å². The quantitative estimate of drug-likeness (QED) is 0.584. The number of aryl methyl sites for hydroxylation is 2. The number of likely N-dealkylation sites (tertiary alicyclic amines) is 1. The fourth-order valence-electron chi connectivity index (χ4n) is 3.57. The first-order valence-electron chi connectivity index (χ1n) is 10.2. The summed E-state index contributed by atoms with van der Waals surface area (Å²) in [5.74, 6) is 1.50. The summed E-state index contributed by atoms with van der Waals surface area (Å²) in [5.41, 5.74) is 2.42. The standard InChI is InChI=1S/C22H24N4O4S/c1-14-18(15(2)30-25-14)13-31-21-17(5-3-9-23-21)20(27)24-16-7-10-26(11-8-16)22(28)19-6-4-12-29-19/h3-6,9,12,16H,7-8,10-11,13H2,1-2H3,(H,24,27). The summed E-state index contributed by atoms with van der Waals surface area (Å²) in [5, 5.41) is 7.75. The second-order valence-electron chi connectivity index (χ2n) is 7.46. The number of hydrogen-bond donors (Lipinski definition) is 1. The number of nitrogens with one attached hydrogen (secondary N) is 1. The Morgan fingerprint density at radius 1 is 1.23 bits per heavy atom. The first-order valence-corrected chi connectivity index (χ1v) is 11.1. The molecule has 1 saturated heterocycles. The van der Waals surface area contributed by atoms with Gasteiger partial charge in [-0.3, -0.25) is 9.59 Å². The lowest BCUT2D eigenvalue weighted by Crippen LogP contribution is -2.46. The molecule has 0 saturated carbocycles. The summed E-state index contributed by atoms with van der Waals surface area (Å²) in [6.45, 7) is 4.93. The number of carbonyl (C=O) groups is 2. The van der Waals surface area contributed by atoms with Gasteiger partial charge in [0, 0.05) is 36.6 Å². The number of thioether (sulfide) groups is 1. The number of rotatable bonds is 6. The highest BCUT2D eigenvalue weighted by atomic mass is 32.2. The van der Waals surface area contributed by atoms with E-state index in [1.54, 1.807) is 35.4 Å². The van der Waals surface area contributed by atoms with Crippen molar-refractivity contribution in [2.24, 2.45) is 0 Å². The number of pyridine rings is 1. The molecule has 1 N–H and O–H groups in total. The maximum absolute atomic E-state index is 12.9. The molecule has 0 aromatic carbocycles. The van der Waals surface area contributed by atoms with Gasteiger partial charge in [-0.1, -0.05) is 5.16 Å². The van der Waals surface area contributed by atoms with Crippen LogP contribution < -0.4 is 5.32 Å². The van der Waals surface area contributed by atoms with E-state index in [0.29, 0.717) is 48.0 Å². The molecule has 162 valence electrons. The number of hydrogen-bond acceptors (Lipinski definition) is 7. The highest BCUT2D eigenvalue weighted by Gasteiger charge is 2.26. The monoisotopic (exact) mass is 440 g/mol. The zero-order valence-corrected chi connectivity index (χ0v) is 18.3. The van der Waals surface area contributed by atoms with Crippen LogP contribution in [0, 0.1) is 13.8 Å². The molecule has 4 heterocycles. The Labute approximate surface area is 184 Å². The molecule has 8 nitrogen and oxygen atoms in total. The average molecular weight is 441 g/mol. The van der Waals surface area contributed by atoms with Crippen LogP contribution in [-0.4, -0.2) is 46.0 Å². The van der Waals surface area contributed by atoms with Crippen LogP contribution in [0.5, 0.6) is 0 Å². The van der Waals surface area contributed by atoms with E-state index in [1.165, 1.54) is 18.0 Å². The molecule has 1 aliphatic heterocycles. The second kappa shape index (κ2) is 9.38. The summed E-state index contributed by atoms with van der Waals surface area (Å²) in [6, 6.07) is 6.93. The second-order valence-corrected chi connectivity index (χ2v) is 8.43.